The number of amides is 1. The number of hydrogen-bond acceptors (Lipinski definition) is 5. The smallest absolute Gasteiger partial charge is 0.246 e. The Labute approximate surface area is 95.4 Å². The highest BCUT2D eigenvalue weighted by molar-refractivity contribution is 5.90. The molecule has 8 heteroatoms. The van der Waals surface area contributed by atoms with Crippen LogP contribution in [-0.2, 0) is 11.3 Å². The summed E-state index contributed by atoms with van der Waals surface area (Å²) in [6, 6.07) is 3.94. The molecule has 7 nitrogen and oxygen atoms in total. The molecule has 0 aliphatic rings. The lowest BCUT2D eigenvalue weighted by Crippen LogP contribution is -2.19. The quantitative estimate of drug-likeness (QED) is 0.733. The van der Waals surface area contributed by atoms with E-state index in [1.807, 2.05) is 0 Å². The summed E-state index contributed by atoms with van der Waals surface area (Å²) in [5.74, 6) is -0.855. The molecular formula is C9H9FN6O. The molecule has 0 saturated heterocycles. The van der Waals surface area contributed by atoms with Crippen molar-refractivity contribution in [2.45, 2.75) is 6.54 Å². The van der Waals surface area contributed by atoms with Crippen molar-refractivity contribution < 1.29 is 9.18 Å². The Morgan fingerprint density at radius 2 is 2.35 bits per heavy atom. The van der Waals surface area contributed by atoms with Crippen LogP contribution in [0.5, 0.6) is 0 Å². The van der Waals surface area contributed by atoms with E-state index >= 15 is 0 Å². The van der Waals surface area contributed by atoms with Crippen molar-refractivity contribution in [3.8, 4) is 0 Å². The number of nitrogens with zero attached hydrogens (tertiary/aromatic N) is 4. The van der Waals surface area contributed by atoms with E-state index < -0.39 is 5.82 Å². The normalized spacial score (nSPS) is 10.2. The molecule has 2 aromatic rings. The Hall–Kier alpha value is -2.51. The maximum absolute atomic E-state index is 12.9. The zero-order valence-corrected chi connectivity index (χ0v) is 8.67. The van der Waals surface area contributed by atoms with E-state index in [4.69, 9.17) is 5.73 Å². The van der Waals surface area contributed by atoms with E-state index in [9.17, 15) is 9.18 Å². The number of hydrogen-bond donors (Lipinski definition) is 2. The third-order valence-electron chi connectivity index (χ3n) is 1.98. The first-order chi connectivity index (χ1) is 8.15. The van der Waals surface area contributed by atoms with Crippen LogP contribution in [0.2, 0.25) is 0 Å². The van der Waals surface area contributed by atoms with Gasteiger partial charge in [-0.05, 0) is 28.6 Å². The molecule has 1 aromatic heterocycles. The average Bonchev–Trinajstić information content (AvgIpc) is 2.76. The maximum Gasteiger partial charge on any atom is 0.246 e. The van der Waals surface area contributed by atoms with Crippen LogP contribution in [0, 0.1) is 5.82 Å². The van der Waals surface area contributed by atoms with Crippen LogP contribution < -0.4 is 11.1 Å². The van der Waals surface area contributed by atoms with Gasteiger partial charge in [0.25, 0.3) is 0 Å². The molecule has 0 radical (unpaired) electrons. The average molecular weight is 236 g/mol. The number of nitrogen functional groups attached to an aromatic ring is 1. The first kappa shape index (κ1) is 11.0. The molecular weight excluding hydrogens is 227 g/mol. The summed E-state index contributed by atoms with van der Waals surface area (Å²) in [6.45, 7) is -0.0235. The molecule has 0 saturated carbocycles. The van der Waals surface area contributed by atoms with Crippen LogP contribution in [-0.4, -0.2) is 26.1 Å². The molecule has 0 bridgehead atoms. The number of carbonyl (C=O) groups is 1. The van der Waals surface area contributed by atoms with Crippen molar-refractivity contribution in [2.75, 3.05) is 11.1 Å². The monoisotopic (exact) mass is 236 g/mol. The summed E-state index contributed by atoms with van der Waals surface area (Å²) in [4.78, 5) is 11.5. The summed E-state index contributed by atoms with van der Waals surface area (Å²) in [6.07, 6.45) is 1.32. The fraction of sp³-hybridized carbons (Fsp3) is 0.111. The second kappa shape index (κ2) is 4.56. The van der Waals surface area contributed by atoms with Crippen LogP contribution >= 0.6 is 0 Å². The summed E-state index contributed by atoms with van der Waals surface area (Å²) < 4.78 is 14.1. The fourth-order valence-electron chi connectivity index (χ4n) is 1.22. The molecule has 1 aromatic carbocycles. The number of benzene rings is 1. The number of tetrazole rings is 1. The highest BCUT2D eigenvalue weighted by Gasteiger charge is 2.06. The lowest BCUT2D eigenvalue weighted by Gasteiger charge is -2.05. The van der Waals surface area contributed by atoms with Crippen molar-refractivity contribution in [3.05, 3.63) is 30.3 Å². The van der Waals surface area contributed by atoms with E-state index in [1.165, 1.54) is 29.2 Å². The lowest BCUT2D eigenvalue weighted by atomic mass is 10.2. The van der Waals surface area contributed by atoms with Crippen LogP contribution in [0.3, 0.4) is 0 Å². The van der Waals surface area contributed by atoms with Crippen LogP contribution in [0.4, 0.5) is 15.8 Å². The zero-order chi connectivity index (χ0) is 12.3. The Bertz CT molecular complexity index is 526. The molecule has 1 amide bonds. The maximum atomic E-state index is 12.9. The summed E-state index contributed by atoms with van der Waals surface area (Å²) in [5, 5.41) is 12.9. The highest BCUT2D eigenvalue weighted by atomic mass is 19.1. The van der Waals surface area contributed by atoms with Crippen molar-refractivity contribution in [3.63, 3.8) is 0 Å². The lowest BCUT2D eigenvalue weighted by molar-refractivity contribution is -0.116. The topological polar surface area (TPSA) is 98.7 Å². The fourth-order valence-corrected chi connectivity index (χ4v) is 1.22. The minimum Gasteiger partial charge on any atom is -0.396 e. The molecule has 17 heavy (non-hydrogen) atoms. The predicted molar refractivity (Wildman–Crippen MR) is 57.3 cm³/mol. The van der Waals surface area contributed by atoms with Gasteiger partial charge in [-0.3, -0.25) is 4.79 Å². The van der Waals surface area contributed by atoms with E-state index in [1.54, 1.807) is 0 Å². The summed E-state index contributed by atoms with van der Waals surface area (Å²) in [7, 11) is 0. The number of anilines is 2. The van der Waals surface area contributed by atoms with Gasteiger partial charge in [-0.15, -0.1) is 5.10 Å². The number of aromatic nitrogens is 4. The number of nitrogens with one attached hydrogen (secondary N) is 1. The van der Waals surface area contributed by atoms with Gasteiger partial charge in [0, 0.05) is 5.69 Å². The highest BCUT2D eigenvalue weighted by Crippen LogP contribution is 2.16. The van der Waals surface area contributed by atoms with Crippen LogP contribution in [0.1, 0.15) is 0 Å². The molecule has 3 N–H and O–H groups in total. The van der Waals surface area contributed by atoms with Gasteiger partial charge in [0.2, 0.25) is 5.91 Å². The second-order valence-corrected chi connectivity index (χ2v) is 3.29. The Kier molecular flexibility index (Phi) is 2.95. The molecule has 0 spiro atoms. The van der Waals surface area contributed by atoms with E-state index in [0.29, 0.717) is 5.69 Å². The number of halogens is 1. The Morgan fingerprint density at radius 1 is 1.53 bits per heavy atom. The van der Waals surface area contributed by atoms with Gasteiger partial charge >= 0.3 is 0 Å². The molecule has 0 atom stereocenters. The van der Waals surface area contributed by atoms with Gasteiger partial charge in [-0.2, -0.15) is 0 Å². The van der Waals surface area contributed by atoms with Gasteiger partial charge < -0.3 is 11.1 Å². The van der Waals surface area contributed by atoms with Gasteiger partial charge in [0.1, 0.15) is 18.7 Å². The molecule has 2 rings (SSSR count). The first-order valence-corrected chi connectivity index (χ1v) is 4.71. The van der Waals surface area contributed by atoms with E-state index in [-0.39, 0.29) is 18.1 Å². The van der Waals surface area contributed by atoms with Gasteiger partial charge in [0.05, 0.1) is 5.69 Å². The molecule has 88 valence electrons. The minimum absolute atomic E-state index is 0.0229. The molecule has 0 fully saturated rings. The van der Waals surface area contributed by atoms with E-state index in [0.717, 1.165) is 0 Å². The minimum atomic E-state index is -0.525. The summed E-state index contributed by atoms with van der Waals surface area (Å²) >= 11 is 0. The van der Waals surface area contributed by atoms with Crippen molar-refractivity contribution in [2.24, 2.45) is 0 Å². The van der Waals surface area contributed by atoms with Crippen LogP contribution in [0.15, 0.2) is 24.5 Å². The standard InChI is InChI=1S/C9H9FN6O/c10-7-2-1-6(3-8(7)11)13-9(17)4-16-5-12-14-15-16/h1-3,5H,4,11H2,(H,13,17). The zero-order valence-electron chi connectivity index (χ0n) is 8.67. The Morgan fingerprint density at radius 3 is 3.00 bits per heavy atom. The van der Waals surface area contributed by atoms with Gasteiger partial charge in [-0.1, -0.05) is 0 Å². The number of nitrogens with two attached hydrogens (primary N) is 1. The van der Waals surface area contributed by atoms with Crippen LogP contribution in [0.25, 0.3) is 0 Å². The largest absolute Gasteiger partial charge is 0.396 e. The third-order valence-corrected chi connectivity index (χ3v) is 1.98. The molecule has 0 aliphatic carbocycles. The predicted octanol–water partition coefficient (Wildman–Crippen LogP) is 0.0331. The summed E-state index contributed by atoms with van der Waals surface area (Å²) in [5.41, 5.74) is 5.76. The van der Waals surface area contributed by atoms with Crippen molar-refractivity contribution in [1.29, 1.82) is 0 Å². The first-order valence-electron chi connectivity index (χ1n) is 4.71. The van der Waals surface area contributed by atoms with E-state index in [2.05, 4.69) is 20.8 Å². The van der Waals surface area contributed by atoms with Gasteiger partial charge in [-0.25, -0.2) is 9.07 Å². The van der Waals surface area contributed by atoms with Gasteiger partial charge in [0.15, 0.2) is 0 Å². The SMILES string of the molecule is Nc1cc(NC(=O)Cn2cnnn2)ccc1F. The molecule has 1 heterocycles. The molecule has 0 aliphatic heterocycles. The van der Waals surface area contributed by atoms with Crippen molar-refractivity contribution in [1.82, 2.24) is 20.2 Å². The van der Waals surface area contributed by atoms with Crippen molar-refractivity contribution >= 4 is 17.3 Å². The number of carbonyl (C=O) groups excluding carboxylic acids is 1. The molecule has 0 unspecified atom stereocenters. The third kappa shape index (κ3) is 2.74. The number of rotatable bonds is 3. The Balaban J connectivity index is 2.00. The second-order valence-electron chi connectivity index (χ2n) is 3.29.